The number of aromatic nitrogens is 1. The second-order valence-corrected chi connectivity index (χ2v) is 31.1. The molecule has 0 saturated carbocycles. The Bertz CT molecular complexity index is 7470. The van der Waals surface area contributed by atoms with Gasteiger partial charge in [-0.15, -0.1) is 11.3 Å². The molecule has 0 atom stereocenters. The maximum atomic E-state index is 2.39. The van der Waals surface area contributed by atoms with Gasteiger partial charge in [0.25, 0.3) is 0 Å². The smallest absolute Gasteiger partial charge is 0.0541 e. The van der Waals surface area contributed by atoms with Crippen LogP contribution in [0, 0.1) is 0 Å². The van der Waals surface area contributed by atoms with Crippen LogP contribution in [-0.4, -0.2) is 4.57 Å². The SMILES string of the molecule is c1cc(-c2ccc3c4c(cccc24)-c2ccccc2-3)cc(-n2c3ccccc3c3ccccc32)c1.c1ccc(-c2ccc3c4c(cccc24)-c2ccccc2-3)c(-c2ccc3sc4ccccc4c3c2)c1.c1ccc2c(c1)-c1cccc3c(-c4cc(-c5ccc6ccccc6c5)cc(-c5ccc6ccccc6c5)c4)ccc-2c13. The number of nitrogens with zero attached hydrogens (tertiary/aromatic N) is 1. The number of thiophene rings is 1. The van der Waals surface area contributed by atoms with Gasteiger partial charge in [0.1, 0.15) is 0 Å². The summed E-state index contributed by atoms with van der Waals surface area (Å²) in [6, 6.07) is 149. The maximum absolute atomic E-state index is 2.39. The van der Waals surface area contributed by atoms with Crippen LogP contribution in [0.2, 0.25) is 0 Å². The van der Waals surface area contributed by atoms with Gasteiger partial charge in [-0.3, -0.25) is 0 Å². The zero-order valence-corrected chi connectivity index (χ0v) is 61.9. The van der Waals surface area contributed by atoms with Gasteiger partial charge in [-0.05, 0) is 260 Å². The molecule has 0 amide bonds. The summed E-state index contributed by atoms with van der Waals surface area (Å²) >= 11 is 1.87. The Morgan fingerprint density at radius 2 is 0.491 bits per heavy atom. The molecule has 20 aromatic carbocycles. The first kappa shape index (κ1) is 63.8. The third-order valence-electron chi connectivity index (χ3n) is 24.0. The van der Waals surface area contributed by atoms with E-state index >= 15 is 0 Å². The highest BCUT2D eigenvalue weighted by Gasteiger charge is 2.27. The number of fused-ring (bicyclic) bond motifs is 17. The van der Waals surface area contributed by atoms with Crippen molar-refractivity contribution >= 4 is 107 Å². The zero-order chi connectivity index (χ0) is 73.5. The van der Waals surface area contributed by atoms with E-state index in [9.17, 15) is 0 Å². The van der Waals surface area contributed by atoms with Crippen LogP contribution < -0.4 is 0 Å². The first-order valence-electron chi connectivity index (χ1n) is 38.8. The van der Waals surface area contributed by atoms with E-state index in [0.717, 1.165) is 0 Å². The Labute approximate surface area is 652 Å². The molecule has 3 aliphatic carbocycles. The lowest BCUT2D eigenvalue weighted by Crippen LogP contribution is -1.94. The molecule has 2 heterocycles. The van der Waals surface area contributed by atoms with Gasteiger partial charge in [0, 0.05) is 36.6 Å². The Balaban J connectivity index is 0.000000101. The lowest BCUT2D eigenvalue weighted by Gasteiger charge is -2.15. The van der Waals surface area contributed by atoms with Crippen molar-refractivity contribution in [3.05, 3.63) is 406 Å². The molecule has 25 rings (SSSR count). The molecule has 2 aromatic heterocycles. The maximum Gasteiger partial charge on any atom is 0.0541 e. The fourth-order valence-electron chi connectivity index (χ4n) is 18.9. The van der Waals surface area contributed by atoms with Crippen molar-refractivity contribution in [2.45, 2.75) is 0 Å². The molecule has 0 radical (unpaired) electrons. The molecule has 518 valence electrons. The second-order valence-electron chi connectivity index (χ2n) is 30.0. The highest BCUT2D eigenvalue weighted by molar-refractivity contribution is 7.25. The molecule has 0 N–H and O–H groups in total. The van der Waals surface area contributed by atoms with E-state index in [4.69, 9.17) is 0 Å². The summed E-state index contributed by atoms with van der Waals surface area (Å²) < 4.78 is 5.08. The standard InChI is InChI=1S/C42H26.C34H21N.C34H20S/c1-3-10-29-22-31(18-16-27(29)8-1)33-24-34(32-19-17-28-9-2-4-11-30(28)23-32)26-35(25-33)36-20-21-41-38-13-6-5-12-37(38)40-15-7-14-39(36)42(40)41;1-2-12-26-25(11-1)30-16-8-15-29-24(19-20-31(26)34(29)30)22-9-7-10-23(21-22)35-32-17-5-3-13-27(32)28-14-4-6-18-33(28)35;1-2-9-23(22(8-1)21-16-19-33-31(20-21)27-12-5-6-15-32(27)35-33)26-17-18-30-25-11-4-3-10-24(25)28-13-7-14-29(26)34(28)30/h1-26H;1-21H;1-20H. The summed E-state index contributed by atoms with van der Waals surface area (Å²) in [5.41, 5.74) is 34.8. The Morgan fingerprint density at radius 3 is 1.01 bits per heavy atom. The first-order valence-corrected chi connectivity index (χ1v) is 39.6. The molecular weight excluding hydrogens is 1370 g/mol. The summed E-state index contributed by atoms with van der Waals surface area (Å²) in [7, 11) is 0. The van der Waals surface area contributed by atoms with Crippen LogP contribution >= 0.6 is 11.3 Å². The molecule has 0 bridgehead atoms. The van der Waals surface area contributed by atoms with Crippen molar-refractivity contribution in [1.82, 2.24) is 4.57 Å². The summed E-state index contributed by atoms with van der Waals surface area (Å²) in [6.45, 7) is 0. The molecule has 0 fully saturated rings. The number of hydrogen-bond acceptors (Lipinski definition) is 1. The summed E-state index contributed by atoms with van der Waals surface area (Å²) in [5.74, 6) is 0. The topological polar surface area (TPSA) is 4.93 Å². The second kappa shape index (κ2) is 25.7. The predicted molar refractivity (Wildman–Crippen MR) is 480 cm³/mol. The van der Waals surface area contributed by atoms with E-state index < -0.39 is 0 Å². The van der Waals surface area contributed by atoms with Gasteiger partial charge >= 0.3 is 0 Å². The molecule has 22 aromatic rings. The molecule has 112 heavy (non-hydrogen) atoms. The normalized spacial score (nSPS) is 11.9. The van der Waals surface area contributed by atoms with Crippen LogP contribution in [0.5, 0.6) is 0 Å². The van der Waals surface area contributed by atoms with Crippen molar-refractivity contribution < 1.29 is 0 Å². The van der Waals surface area contributed by atoms with E-state index in [-0.39, 0.29) is 0 Å². The minimum absolute atomic E-state index is 1.19. The van der Waals surface area contributed by atoms with Gasteiger partial charge in [0.2, 0.25) is 0 Å². The minimum Gasteiger partial charge on any atom is -0.309 e. The van der Waals surface area contributed by atoms with Crippen LogP contribution in [0.25, 0.3) is 235 Å². The highest BCUT2D eigenvalue weighted by Crippen LogP contribution is 2.54. The number of rotatable bonds is 7. The van der Waals surface area contributed by atoms with Gasteiger partial charge in [0.15, 0.2) is 0 Å². The van der Waals surface area contributed by atoms with Gasteiger partial charge in [-0.2, -0.15) is 0 Å². The molecular formula is C110H67NS. The quantitative estimate of drug-likeness (QED) is 0.150. The summed E-state index contributed by atoms with van der Waals surface area (Å²) in [5, 5.41) is 18.4. The molecule has 2 heteroatoms. The minimum atomic E-state index is 1.19. The average Bonchev–Trinajstić information content (AvgIpc) is 1.58. The van der Waals surface area contributed by atoms with E-state index in [2.05, 4.69) is 411 Å². The number of hydrogen-bond donors (Lipinski definition) is 0. The van der Waals surface area contributed by atoms with Crippen LogP contribution in [0.1, 0.15) is 0 Å². The lowest BCUT2D eigenvalue weighted by molar-refractivity contribution is 1.18. The third kappa shape index (κ3) is 10.2. The number of para-hydroxylation sites is 2. The monoisotopic (exact) mass is 1430 g/mol. The predicted octanol–water partition coefficient (Wildman–Crippen LogP) is 31.2. The highest BCUT2D eigenvalue weighted by atomic mass is 32.1. The largest absolute Gasteiger partial charge is 0.309 e. The molecule has 0 aliphatic heterocycles. The van der Waals surface area contributed by atoms with Crippen molar-refractivity contribution in [3.63, 3.8) is 0 Å². The summed E-state index contributed by atoms with van der Waals surface area (Å²) in [4.78, 5) is 0. The van der Waals surface area contributed by atoms with E-state index in [1.807, 2.05) is 11.3 Å². The van der Waals surface area contributed by atoms with Crippen LogP contribution in [0.15, 0.2) is 406 Å². The van der Waals surface area contributed by atoms with Crippen LogP contribution in [0.4, 0.5) is 0 Å². The summed E-state index contributed by atoms with van der Waals surface area (Å²) in [6.07, 6.45) is 0. The lowest BCUT2D eigenvalue weighted by atomic mass is 9.89. The Hall–Kier alpha value is -14.3. The van der Waals surface area contributed by atoms with Crippen LogP contribution in [-0.2, 0) is 0 Å². The van der Waals surface area contributed by atoms with Crippen LogP contribution in [0.3, 0.4) is 0 Å². The van der Waals surface area contributed by atoms with Gasteiger partial charge < -0.3 is 4.57 Å². The van der Waals surface area contributed by atoms with Gasteiger partial charge in [-0.1, -0.05) is 334 Å². The first-order chi connectivity index (χ1) is 55.5. The van der Waals surface area contributed by atoms with Gasteiger partial charge in [-0.25, -0.2) is 0 Å². The van der Waals surface area contributed by atoms with Crippen molar-refractivity contribution in [2.24, 2.45) is 0 Å². The van der Waals surface area contributed by atoms with E-state index in [1.165, 1.54) is 235 Å². The fraction of sp³-hybridized carbons (Fsp3) is 0. The fourth-order valence-corrected chi connectivity index (χ4v) is 20.0. The van der Waals surface area contributed by atoms with Gasteiger partial charge in [0.05, 0.1) is 11.0 Å². The zero-order valence-electron chi connectivity index (χ0n) is 61.0. The third-order valence-corrected chi connectivity index (χ3v) is 25.1. The van der Waals surface area contributed by atoms with E-state index in [0.29, 0.717) is 0 Å². The van der Waals surface area contributed by atoms with E-state index in [1.54, 1.807) is 0 Å². The Morgan fingerprint density at radius 1 is 0.152 bits per heavy atom. The number of benzene rings is 20. The molecule has 0 spiro atoms. The van der Waals surface area contributed by atoms with Crippen molar-refractivity contribution in [3.8, 4) is 139 Å². The molecule has 3 aliphatic rings. The molecule has 0 saturated heterocycles. The molecule has 1 nitrogen and oxygen atoms in total. The average molecular weight is 1430 g/mol. The molecule has 0 unspecified atom stereocenters. The van der Waals surface area contributed by atoms with Crippen molar-refractivity contribution in [2.75, 3.05) is 0 Å². The van der Waals surface area contributed by atoms with Crippen molar-refractivity contribution in [1.29, 1.82) is 0 Å². The Kier molecular flexibility index (Phi) is 14.6.